The van der Waals surface area contributed by atoms with Crippen LogP contribution in [-0.2, 0) is 0 Å². The number of aryl methyl sites for hydroxylation is 1. The highest BCUT2D eigenvalue weighted by Gasteiger charge is 2.01. The molecular weight excluding hydrogens is 478 g/mol. The first-order valence-corrected chi connectivity index (χ1v) is 9.64. The molecule has 18 heteroatoms. The quantitative estimate of drug-likeness (QED) is 0.105. The third-order valence-corrected chi connectivity index (χ3v) is 3.71. The van der Waals surface area contributed by atoms with Gasteiger partial charge >= 0.3 is 17.1 Å². The molecule has 0 fully saturated rings. The summed E-state index contributed by atoms with van der Waals surface area (Å²) in [5.74, 6) is 0.754. The molecule has 0 aliphatic rings. The summed E-state index contributed by atoms with van der Waals surface area (Å²) in [6.45, 7) is 1.62. The average Bonchev–Trinajstić information content (AvgIpc) is 3.27. The van der Waals surface area contributed by atoms with Crippen molar-refractivity contribution >= 4 is 28.7 Å². The number of aromatic amines is 6. The summed E-state index contributed by atoms with van der Waals surface area (Å²) in [5.41, 5.74) is 14.9. The largest absolute Gasteiger partial charge is 0.385 e. The average molecular weight is 499 g/mol. The molecule has 0 amide bonds. The van der Waals surface area contributed by atoms with Crippen LogP contribution in [0.25, 0.3) is 11.2 Å². The van der Waals surface area contributed by atoms with Crippen molar-refractivity contribution in [3.63, 3.8) is 0 Å². The van der Waals surface area contributed by atoms with Crippen LogP contribution >= 0.6 is 0 Å². The lowest BCUT2D eigenvalue weighted by Crippen LogP contribution is -2.22. The minimum atomic E-state index is -0.467. The molecule has 5 rings (SSSR count). The highest BCUT2D eigenvalue weighted by molar-refractivity contribution is 5.69. The molecule has 18 nitrogen and oxygen atoms in total. The first-order chi connectivity index (χ1) is 17.0. The van der Waals surface area contributed by atoms with E-state index in [4.69, 9.17) is 17.2 Å². The highest BCUT2D eigenvalue weighted by Crippen LogP contribution is 1.98. The van der Waals surface area contributed by atoms with E-state index in [0.717, 1.165) is 0 Å². The number of nitrogens with one attached hydrogen (secondary N) is 6. The Labute approximate surface area is 198 Å². The third kappa shape index (κ3) is 8.61. The van der Waals surface area contributed by atoms with Crippen LogP contribution in [0.1, 0.15) is 5.56 Å². The number of rotatable bonds is 0. The molecule has 0 atom stereocenters. The summed E-state index contributed by atoms with van der Waals surface area (Å²) in [5, 5.41) is 0. The van der Waals surface area contributed by atoms with E-state index in [9.17, 15) is 24.0 Å². The predicted molar refractivity (Wildman–Crippen MR) is 130 cm³/mol. The van der Waals surface area contributed by atoms with Crippen molar-refractivity contribution in [1.29, 1.82) is 0 Å². The summed E-state index contributed by atoms with van der Waals surface area (Å²) in [7, 11) is 0. The van der Waals surface area contributed by atoms with Gasteiger partial charge in [-0.1, -0.05) is 0 Å². The van der Waals surface area contributed by atoms with Crippen LogP contribution in [-0.4, -0.2) is 49.8 Å². The second kappa shape index (κ2) is 12.4. The van der Waals surface area contributed by atoms with Crippen LogP contribution in [0.15, 0.2) is 61.0 Å². The Morgan fingerprint density at radius 1 is 0.722 bits per heavy atom. The SMILES string of the molecule is Cc1c[nH]c(=O)[nH]c1=O.Nc1ccnc(=O)[nH]1.Nc1ccnc(=O)[nH]1.Nc1nc2nc[nH]c2c(=O)[nH]1. The van der Waals surface area contributed by atoms with Crippen molar-refractivity contribution in [1.82, 2.24) is 49.8 Å². The number of nitrogen functional groups attached to an aromatic ring is 3. The number of imidazole rings is 1. The Hall–Kier alpha value is -5.81. The number of H-pyrrole nitrogens is 6. The van der Waals surface area contributed by atoms with Gasteiger partial charge in [0.1, 0.15) is 11.6 Å². The van der Waals surface area contributed by atoms with Gasteiger partial charge < -0.3 is 27.2 Å². The predicted octanol–water partition coefficient (Wildman–Crippen LogP) is -2.70. The molecule has 0 aliphatic carbocycles. The highest BCUT2D eigenvalue weighted by atomic mass is 16.2. The van der Waals surface area contributed by atoms with Crippen LogP contribution < -0.4 is 45.4 Å². The Kier molecular flexibility index (Phi) is 9.13. The standard InChI is InChI=1S/C5H5N5O.C5H6N2O2.2C4H5N3O/c6-5-9-3-2(4(11)10-5)7-1-8-3;1-3-2-6-5(9)7-4(3)8;2*5-3-1-2-6-4(8)7-3/h1H,(H4,6,7,8,9,10,11);2H,1H3,(H2,6,7,8,9);2*1-2H,(H3,5,6,7,8). The number of anilines is 3. The summed E-state index contributed by atoms with van der Waals surface area (Å²) >= 11 is 0. The zero-order chi connectivity index (χ0) is 26.7. The van der Waals surface area contributed by atoms with Gasteiger partial charge in [0.2, 0.25) is 5.95 Å². The number of hydrogen-bond acceptors (Lipinski definition) is 12. The summed E-state index contributed by atoms with van der Waals surface area (Å²) in [4.78, 5) is 80.6. The molecule has 0 saturated heterocycles. The van der Waals surface area contributed by atoms with Crippen LogP contribution in [0.3, 0.4) is 0 Å². The molecule has 0 unspecified atom stereocenters. The maximum Gasteiger partial charge on any atom is 0.346 e. The van der Waals surface area contributed by atoms with Gasteiger partial charge in [-0.05, 0) is 19.1 Å². The number of nitrogens with zero attached hydrogens (tertiary/aromatic N) is 4. The van der Waals surface area contributed by atoms with Crippen molar-refractivity contribution in [2.45, 2.75) is 6.92 Å². The molecule has 5 aromatic heterocycles. The maximum atomic E-state index is 11.0. The molecular formula is C18H21N13O5. The lowest BCUT2D eigenvalue weighted by Gasteiger charge is -1.89. The fourth-order valence-electron chi connectivity index (χ4n) is 2.10. The van der Waals surface area contributed by atoms with Gasteiger partial charge in [0.25, 0.3) is 11.1 Å². The Morgan fingerprint density at radius 2 is 1.31 bits per heavy atom. The number of aromatic nitrogens is 10. The second-order valence-electron chi connectivity index (χ2n) is 6.47. The van der Waals surface area contributed by atoms with Crippen LogP contribution in [0.5, 0.6) is 0 Å². The minimum Gasteiger partial charge on any atom is -0.385 e. The molecule has 5 aromatic rings. The van der Waals surface area contributed by atoms with Crippen LogP contribution in [0.4, 0.5) is 17.6 Å². The van der Waals surface area contributed by atoms with E-state index in [0.29, 0.717) is 28.4 Å². The van der Waals surface area contributed by atoms with E-state index >= 15 is 0 Å². The van der Waals surface area contributed by atoms with Crippen molar-refractivity contribution in [3.8, 4) is 0 Å². The van der Waals surface area contributed by atoms with Gasteiger partial charge in [0, 0.05) is 24.2 Å². The summed E-state index contributed by atoms with van der Waals surface area (Å²) in [6.07, 6.45) is 5.48. The molecule has 0 radical (unpaired) electrons. The van der Waals surface area contributed by atoms with Crippen LogP contribution in [0, 0.1) is 6.92 Å². The van der Waals surface area contributed by atoms with E-state index < -0.39 is 17.1 Å². The molecule has 0 saturated carbocycles. The minimum absolute atomic E-state index is 0.0783. The monoisotopic (exact) mass is 499 g/mol. The lowest BCUT2D eigenvalue weighted by molar-refractivity contribution is 1.01. The van der Waals surface area contributed by atoms with E-state index in [1.165, 1.54) is 37.1 Å². The Balaban J connectivity index is 0.000000171. The van der Waals surface area contributed by atoms with Crippen molar-refractivity contribution < 1.29 is 0 Å². The summed E-state index contributed by atoms with van der Waals surface area (Å²) < 4.78 is 0. The van der Waals surface area contributed by atoms with E-state index in [1.807, 2.05) is 0 Å². The molecule has 0 aliphatic heterocycles. The topological polar surface area (TPSA) is 310 Å². The molecule has 5 heterocycles. The van der Waals surface area contributed by atoms with Gasteiger partial charge in [-0.2, -0.15) is 4.98 Å². The van der Waals surface area contributed by atoms with Crippen molar-refractivity contribution in [2.75, 3.05) is 17.2 Å². The third-order valence-electron chi connectivity index (χ3n) is 3.71. The molecule has 12 N–H and O–H groups in total. The zero-order valence-corrected chi connectivity index (χ0v) is 18.5. The summed E-state index contributed by atoms with van der Waals surface area (Å²) in [6, 6.07) is 3.03. The van der Waals surface area contributed by atoms with Gasteiger partial charge in [-0.25, -0.2) is 29.3 Å². The van der Waals surface area contributed by atoms with Gasteiger partial charge in [-0.3, -0.25) is 29.5 Å². The molecule has 0 spiro atoms. The molecule has 188 valence electrons. The zero-order valence-electron chi connectivity index (χ0n) is 18.5. The normalized spacial score (nSPS) is 9.58. The first kappa shape index (κ1) is 26.4. The van der Waals surface area contributed by atoms with E-state index in [-0.39, 0.29) is 17.1 Å². The fourth-order valence-corrected chi connectivity index (χ4v) is 2.10. The fraction of sp³-hybridized carbons (Fsp3) is 0.0556. The van der Waals surface area contributed by atoms with E-state index in [1.54, 1.807) is 6.92 Å². The van der Waals surface area contributed by atoms with Gasteiger partial charge in [0.05, 0.1) is 6.33 Å². The number of nitrogens with two attached hydrogens (primary N) is 3. The van der Waals surface area contributed by atoms with E-state index in [2.05, 4.69) is 49.8 Å². The number of hydrogen-bond donors (Lipinski definition) is 9. The Morgan fingerprint density at radius 3 is 1.75 bits per heavy atom. The smallest absolute Gasteiger partial charge is 0.346 e. The Bertz CT molecular complexity index is 1660. The van der Waals surface area contributed by atoms with Crippen LogP contribution in [0.2, 0.25) is 0 Å². The lowest BCUT2D eigenvalue weighted by atomic mass is 10.4. The van der Waals surface area contributed by atoms with Crippen molar-refractivity contribution in [3.05, 3.63) is 94.8 Å². The number of fused-ring (bicyclic) bond motifs is 1. The van der Waals surface area contributed by atoms with Crippen molar-refractivity contribution in [2.24, 2.45) is 0 Å². The molecule has 36 heavy (non-hydrogen) atoms. The molecule has 0 aromatic carbocycles. The van der Waals surface area contributed by atoms with Gasteiger partial charge in [-0.15, -0.1) is 0 Å². The first-order valence-electron chi connectivity index (χ1n) is 9.64. The second-order valence-corrected chi connectivity index (χ2v) is 6.47. The molecule has 0 bridgehead atoms. The van der Waals surface area contributed by atoms with Gasteiger partial charge in [0.15, 0.2) is 11.2 Å². The maximum absolute atomic E-state index is 11.0.